The fourth-order valence-electron chi connectivity index (χ4n) is 0.956. The number of aliphatic imine (C=N–C) groups is 1. The van der Waals surface area contributed by atoms with E-state index in [4.69, 9.17) is 11.6 Å². The molecule has 0 aliphatic heterocycles. The first kappa shape index (κ1) is 11.1. The molecule has 0 aromatic heterocycles. The van der Waals surface area contributed by atoms with Crippen LogP contribution >= 0.6 is 11.6 Å². The summed E-state index contributed by atoms with van der Waals surface area (Å²) in [6.07, 6.45) is -2.52. The van der Waals surface area contributed by atoms with Crippen molar-refractivity contribution in [1.29, 1.82) is 0 Å². The molecular formula is C10H10ClF2N. The Labute approximate surface area is 86.4 Å². The van der Waals surface area contributed by atoms with Crippen LogP contribution in [0.1, 0.15) is 12.5 Å². The highest BCUT2D eigenvalue weighted by Crippen LogP contribution is 2.25. The van der Waals surface area contributed by atoms with Crippen molar-refractivity contribution in [1.82, 2.24) is 0 Å². The van der Waals surface area contributed by atoms with Crippen LogP contribution < -0.4 is 0 Å². The van der Waals surface area contributed by atoms with Gasteiger partial charge >= 0.3 is 0 Å². The van der Waals surface area contributed by atoms with Gasteiger partial charge in [-0.3, -0.25) is 4.99 Å². The fraction of sp³-hybridized carbons (Fsp3) is 0.300. The van der Waals surface area contributed by atoms with Crippen molar-refractivity contribution >= 4 is 23.0 Å². The van der Waals surface area contributed by atoms with Crippen LogP contribution in [0.2, 0.25) is 5.02 Å². The Hall–Kier alpha value is -0.960. The van der Waals surface area contributed by atoms with E-state index in [1.165, 1.54) is 6.92 Å². The minimum absolute atomic E-state index is 0.199. The first-order valence-corrected chi connectivity index (χ1v) is 4.48. The van der Waals surface area contributed by atoms with Crippen LogP contribution in [0.4, 0.5) is 14.5 Å². The molecule has 4 heteroatoms. The molecule has 0 saturated heterocycles. The van der Waals surface area contributed by atoms with Crippen molar-refractivity contribution in [3.8, 4) is 0 Å². The molecule has 1 nitrogen and oxygen atoms in total. The summed E-state index contributed by atoms with van der Waals surface area (Å²) in [5.41, 5.74) is 1.01. The summed E-state index contributed by atoms with van der Waals surface area (Å²) < 4.78 is 24.4. The topological polar surface area (TPSA) is 12.4 Å². The van der Waals surface area contributed by atoms with Gasteiger partial charge in [-0.15, -0.1) is 0 Å². The average Bonchev–Trinajstić information content (AvgIpc) is 2.12. The zero-order valence-corrected chi connectivity index (χ0v) is 8.65. The molecule has 0 aliphatic rings. The predicted molar refractivity (Wildman–Crippen MR) is 55.0 cm³/mol. The Morgan fingerprint density at radius 2 is 2.07 bits per heavy atom. The van der Waals surface area contributed by atoms with Gasteiger partial charge in [0.2, 0.25) is 0 Å². The summed E-state index contributed by atoms with van der Waals surface area (Å²) >= 11 is 5.82. The number of hydrogen-bond donors (Lipinski definition) is 0. The second-order valence-electron chi connectivity index (χ2n) is 2.94. The van der Waals surface area contributed by atoms with Crippen molar-refractivity contribution in [2.24, 2.45) is 4.99 Å². The van der Waals surface area contributed by atoms with Gasteiger partial charge in [-0.25, -0.2) is 8.78 Å². The smallest absolute Gasteiger partial charge is 0.252 e. The third-order valence-corrected chi connectivity index (χ3v) is 2.26. The van der Waals surface area contributed by atoms with E-state index in [1.807, 2.05) is 0 Å². The zero-order chi connectivity index (χ0) is 10.7. The summed E-state index contributed by atoms with van der Waals surface area (Å²) in [6, 6.07) is 5.05. The fourth-order valence-corrected chi connectivity index (χ4v) is 1.13. The van der Waals surface area contributed by atoms with Gasteiger partial charge in [-0.2, -0.15) is 0 Å². The molecule has 0 spiro atoms. The largest absolute Gasteiger partial charge is 0.276 e. The lowest BCUT2D eigenvalue weighted by Gasteiger charge is -2.03. The van der Waals surface area contributed by atoms with Crippen LogP contribution in [0.5, 0.6) is 0 Å². The molecule has 1 rings (SSSR count). The lowest BCUT2D eigenvalue weighted by molar-refractivity contribution is 0.225. The van der Waals surface area contributed by atoms with Crippen LogP contribution in [0.25, 0.3) is 0 Å². The monoisotopic (exact) mass is 217 g/mol. The quantitative estimate of drug-likeness (QED) is 0.664. The van der Waals surface area contributed by atoms with Gasteiger partial charge in [0.15, 0.2) is 0 Å². The molecule has 0 N–H and O–H groups in total. The molecule has 14 heavy (non-hydrogen) atoms. The highest BCUT2D eigenvalue weighted by Gasteiger charge is 2.08. The van der Waals surface area contributed by atoms with E-state index in [0.29, 0.717) is 16.3 Å². The Kier molecular flexibility index (Phi) is 3.58. The van der Waals surface area contributed by atoms with Gasteiger partial charge in [-0.05, 0) is 31.5 Å². The minimum Gasteiger partial charge on any atom is -0.252 e. The molecule has 0 radical (unpaired) electrons. The van der Waals surface area contributed by atoms with E-state index in [2.05, 4.69) is 4.99 Å². The summed E-state index contributed by atoms with van der Waals surface area (Å²) in [7, 11) is 0. The second-order valence-corrected chi connectivity index (χ2v) is 3.35. The van der Waals surface area contributed by atoms with E-state index in [-0.39, 0.29) is 5.71 Å². The van der Waals surface area contributed by atoms with E-state index in [9.17, 15) is 8.78 Å². The van der Waals surface area contributed by atoms with E-state index >= 15 is 0 Å². The molecule has 1 aromatic rings. The predicted octanol–water partition coefficient (Wildman–Crippen LogP) is 4.01. The molecule has 0 fully saturated rings. The number of halogens is 3. The summed E-state index contributed by atoms with van der Waals surface area (Å²) in [4.78, 5) is 3.80. The minimum atomic E-state index is -2.52. The van der Waals surface area contributed by atoms with Gasteiger partial charge in [0.25, 0.3) is 6.43 Å². The van der Waals surface area contributed by atoms with Crippen LogP contribution in [0.3, 0.4) is 0 Å². The van der Waals surface area contributed by atoms with Crippen LogP contribution in [-0.4, -0.2) is 12.1 Å². The molecule has 0 aliphatic carbocycles. The molecule has 1 aromatic carbocycles. The van der Waals surface area contributed by atoms with Crippen molar-refractivity contribution < 1.29 is 8.78 Å². The van der Waals surface area contributed by atoms with Crippen molar-refractivity contribution in [3.05, 3.63) is 28.8 Å². The Morgan fingerprint density at radius 3 is 2.64 bits per heavy atom. The van der Waals surface area contributed by atoms with Gasteiger partial charge in [0, 0.05) is 5.02 Å². The van der Waals surface area contributed by atoms with E-state index < -0.39 is 6.43 Å². The molecule has 0 heterocycles. The molecule has 0 saturated carbocycles. The van der Waals surface area contributed by atoms with Crippen LogP contribution in [-0.2, 0) is 0 Å². The number of benzene rings is 1. The molecular weight excluding hydrogens is 208 g/mol. The van der Waals surface area contributed by atoms with E-state index in [1.54, 1.807) is 25.1 Å². The Morgan fingerprint density at radius 1 is 1.43 bits per heavy atom. The maximum Gasteiger partial charge on any atom is 0.276 e. The highest BCUT2D eigenvalue weighted by molar-refractivity contribution is 6.31. The first-order valence-electron chi connectivity index (χ1n) is 4.11. The van der Waals surface area contributed by atoms with Gasteiger partial charge in [-0.1, -0.05) is 17.7 Å². The molecule has 0 unspecified atom stereocenters. The molecule has 0 amide bonds. The number of hydrogen-bond acceptors (Lipinski definition) is 1. The van der Waals surface area contributed by atoms with Gasteiger partial charge in [0.1, 0.15) is 0 Å². The first-order chi connectivity index (χ1) is 6.52. The Bertz CT molecular complexity index is 361. The van der Waals surface area contributed by atoms with Gasteiger partial charge < -0.3 is 0 Å². The van der Waals surface area contributed by atoms with Crippen molar-refractivity contribution in [3.63, 3.8) is 0 Å². The van der Waals surface area contributed by atoms with Crippen LogP contribution in [0.15, 0.2) is 23.2 Å². The van der Waals surface area contributed by atoms with Crippen molar-refractivity contribution in [2.75, 3.05) is 0 Å². The summed E-state index contributed by atoms with van der Waals surface area (Å²) in [5, 5.41) is 0.535. The second kappa shape index (κ2) is 4.51. The average molecular weight is 218 g/mol. The molecule has 0 bridgehead atoms. The lowest BCUT2D eigenvalue weighted by atomic mass is 10.2. The normalized spacial score (nSPS) is 12.3. The lowest BCUT2D eigenvalue weighted by Crippen LogP contribution is -2.04. The zero-order valence-electron chi connectivity index (χ0n) is 7.89. The SMILES string of the molecule is C/C(=N\c1cccc(Cl)c1C)C(F)F. The Balaban J connectivity index is 3.09. The maximum absolute atomic E-state index is 12.2. The van der Waals surface area contributed by atoms with E-state index in [0.717, 1.165) is 0 Å². The maximum atomic E-state index is 12.2. The third-order valence-electron chi connectivity index (χ3n) is 1.85. The number of alkyl halides is 2. The van der Waals surface area contributed by atoms with Crippen molar-refractivity contribution in [2.45, 2.75) is 20.3 Å². The van der Waals surface area contributed by atoms with Gasteiger partial charge in [0.05, 0.1) is 11.4 Å². The number of nitrogens with zero attached hydrogens (tertiary/aromatic N) is 1. The summed E-state index contributed by atoms with van der Waals surface area (Å²) in [5.74, 6) is 0. The third kappa shape index (κ3) is 2.51. The van der Waals surface area contributed by atoms with Crippen LogP contribution in [0, 0.1) is 6.92 Å². The number of rotatable bonds is 2. The summed E-state index contributed by atoms with van der Waals surface area (Å²) in [6.45, 7) is 3.05. The highest BCUT2D eigenvalue weighted by atomic mass is 35.5. The molecule has 0 atom stereocenters. The standard InChI is InChI=1S/C10H10ClF2N/c1-6-8(11)4-3-5-9(6)14-7(2)10(12)13/h3-5,10H,1-2H3/b14-7+. The molecule has 76 valence electrons.